The average Bonchev–Trinajstić information content (AvgIpc) is 2.50. The molecular weight excluding hydrogens is 164 g/mol. The highest BCUT2D eigenvalue weighted by Crippen LogP contribution is 2.21. The summed E-state index contributed by atoms with van der Waals surface area (Å²) in [6.45, 7) is 2.58. The number of hydrogen-bond acceptors (Lipinski definition) is 3. The molecule has 68 valence electrons. The van der Waals surface area contributed by atoms with Gasteiger partial charge in [-0.2, -0.15) is 0 Å². The number of aromatic nitrogens is 1. The first-order valence-corrected chi connectivity index (χ1v) is 4.37. The van der Waals surface area contributed by atoms with Gasteiger partial charge in [0.25, 0.3) is 0 Å². The van der Waals surface area contributed by atoms with Crippen molar-refractivity contribution in [1.82, 2.24) is 5.16 Å². The van der Waals surface area contributed by atoms with Gasteiger partial charge in [-0.3, -0.25) is 0 Å². The maximum Gasteiger partial charge on any atom is 0.170 e. The van der Waals surface area contributed by atoms with Crippen molar-refractivity contribution < 1.29 is 4.52 Å². The molecule has 2 aromatic rings. The third kappa shape index (κ3) is 1.31. The van der Waals surface area contributed by atoms with Gasteiger partial charge in [-0.05, 0) is 31.5 Å². The van der Waals surface area contributed by atoms with Crippen molar-refractivity contribution in [2.45, 2.75) is 13.3 Å². The average molecular weight is 176 g/mol. The maximum absolute atomic E-state index is 5.50. The lowest BCUT2D eigenvalue weighted by Gasteiger charge is -1.97. The topological polar surface area (TPSA) is 52.0 Å². The van der Waals surface area contributed by atoms with Gasteiger partial charge in [0, 0.05) is 5.39 Å². The molecule has 13 heavy (non-hydrogen) atoms. The third-order valence-corrected chi connectivity index (χ3v) is 2.17. The molecule has 0 spiro atoms. The van der Waals surface area contributed by atoms with Crippen LogP contribution in [-0.2, 0) is 6.42 Å². The van der Waals surface area contributed by atoms with Crippen molar-refractivity contribution in [3.05, 3.63) is 29.5 Å². The van der Waals surface area contributed by atoms with Crippen LogP contribution in [0, 0.1) is 6.92 Å². The monoisotopic (exact) mass is 176 g/mol. The zero-order valence-electron chi connectivity index (χ0n) is 7.58. The number of benzene rings is 1. The summed E-state index contributed by atoms with van der Waals surface area (Å²) in [5, 5.41) is 5.01. The van der Waals surface area contributed by atoms with Crippen LogP contribution in [0.25, 0.3) is 11.0 Å². The predicted molar refractivity (Wildman–Crippen MR) is 51.5 cm³/mol. The van der Waals surface area contributed by atoms with Crippen molar-refractivity contribution in [1.29, 1.82) is 0 Å². The van der Waals surface area contributed by atoms with Crippen LogP contribution >= 0.6 is 0 Å². The highest BCUT2D eigenvalue weighted by molar-refractivity contribution is 5.82. The molecule has 3 heteroatoms. The van der Waals surface area contributed by atoms with Crippen LogP contribution in [0.4, 0.5) is 0 Å². The molecule has 0 atom stereocenters. The first-order valence-electron chi connectivity index (χ1n) is 4.37. The fraction of sp³-hybridized carbons (Fsp3) is 0.300. The van der Waals surface area contributed by atoms with Crippen LogP contribution in [0.5, 0.6) is 0 Å². The van der Waals surface area contributed by atoms with Crippen molar-refractivity contribution in [3.63, 3.8) is 0 Å². The second-order valence-corrected chi connectivity index (χ2v) is 3.10. The summed E-state index contributed by atoms with van der Waals surface area (Å²) in [6, 6.07) is 6.05. The molecule has 1 heterocycles. The lowest BCUT2D eigenvalue weighted by atomic mass is 10.1. The second kappa shape index (κ2) is 3.18. The second-order valence-electron chi connectivity index (χ2n) is 3.10. The predicted octanol–water partition coefficient (Wildman–Crippen LogP) is 1.64. The van der Waals surface area contributed by atoms with Crippen LogP contribution in [0.2, 0.25) is 0 Å². The molecule has 3 nitrogen and oxygen atoms in total. The van der Waals surface area contributed by atoms with E-state index in [2.05, 4.69) is 5.16 Å². The Labute approximate surface area is 76.5 Å². The number of fused-ring (bicyclic) bond motifs is 1. The van der Waals surface area contributed by atoms with E-state index in [0.29, 0.717) is 6.54 Å². The molecule has 0 aliphatic rings. The van der Waals surface area contributed by atoms with E-state index >= 15 is 0 Å². The first-order chi connectivity index (χ1) is 6.33. The van der Waals surface area contributed by atoms with Crippen molar-refractivity contribution in [2.24, 2.45) is 5.73 Å². The molecule has 0 bridgehead atoms. The Balaban J connectivity index is 2.63. The Morgan fingerprint density at radius 1 is 1.46 bits per heavy atom. The Morgan fingerprint density at radius 3 is 3.08 bits per heavy atom. The molecule has 0 unspecified atom stereocenters. The van der Waals surface area contributed by atoms with Gasteiger partial charge < -0.3 is 10.3 Å². The van der Waals surface area contributed by atoms with Crippen LogP contribution in [0.1, 0.15) is 11.3 Å². The zero-order chi connectivity index (χ0) is 9.26. The normalized spacial score (nSPS) is 10.9. The molecule has 2 rings (SSSR count). The lowest BCUT2D eigenvalue weighted by Crippen LogP contribution is -2.02. The molecule has 0 amide bonds. The van der Waals surface area contributed by atoms with Crippen LogP contribution in [0.3, 0.4) is 0 Å². The summed E-state index contributed by atoms with van der Waals surface area (Å²) in [6.07, 6.45) is 0.839. The summed E-state index contributed by atoms with van der Waals surface area (Å²) < 4.78 is 5.23. The number of hydrogen-bond donors (Lipinski definition) is 1. The van der Waals surface area contributed by atoms with Gasteiger partial charge in [-0.1, -0.05) is 17.3 Å². The first kappa shape index (κ1) is 8.26. The minimum atomic E-state index is 0.638. The summed E-state index contributed by atoms with van der Waals surface area (Å²) in [7, 11) is 0. The molecule has 1 aromatic carbocycles. The Kier molecular flexibility index (Phi) is 2.02. The molecule has 0 aliphatic heterocycles. The minimum Gasteiger partial charge on any atom is -0.356 e. The van der Waals surface area contributed by atoms with Crippen LogP contribution in [0.15, 0.2) is 22.7 Å². The zero-order valence-corrected chi connectivity index (χ0v) is 7.58. The fourth-order valence-corrected chi connectivity index (χ4v) is 1.49. The third-order valence-electron chi connectivity index (χ3n) is 2.17. The number of para-hydroxylation sites is 1. The van der Waals surface area contributed by atoms with Gasteiger partial charge in [-0.15, -0.1) is 0 Å². The molecule has 0 saturated heterocycles. The van der Waals surface area contributed by atoms with Crippen molar-refractivity contribution in [3.8, 4) is 0 Å². The minimum absolute atomic E-state index is 0.638. The molecule has 2 N–H and O–H groups in total. The largest absolute Gasteiger partial charge is 0.356 e. The van der Waals surface area contributed by atoms with Crippen LogP contribution < -0.4 is 5.73 Å². The summed E-state index contributed by atoms with van der Waals surface area (Å²) in [5.74, 6) is 0. The number of rotatable bonds is 2. The molecule has 0 saturated carbocycles. The van der Waals surface area contributed by atoms with Gasteiger partial charge >= 0.3 is 0 Å². The van der Waals surface area contributed by atoms with Gasteiger partial charge in [0.15, 0.2) is 5.58 Å². The van der Waals surface area contributed by atoms with E-state index in [4.69, 9.17) is 10.3 Å². The summed E-state index contributed by atoms with van der Waals surface area (Å²) >= 11 is 0. The molecular formula is C10H12N2O. The van der Waals surface area contributed by atoms with E-state index in [9.17, 15) is 0 Å². The SMILES string of the molecule is Cc1noc2c(CCN)cccc12. The number of nitrogens with zero attached hydrogens (tertiary/aromatic N) is 1. The molecule has 0 radical (unpaired) electrons. The number of aryl methyl sites for hydroxylation is 1. The molecule has 0 fully saturated rings. The van der Waals surface area contributed by atoms with E-state index in [1.54, 1.807) is 0 Å². The van der Waals surface area contributed by atoms with Crippen molar-refractivity contribution >= 4 is 11.0 Å². The number of nitrogens with two attached hydrogens (primary N) is 1. The quantitative estimate of drug-likeness (QED) is 0.756. The molecule has 1 aromatic heterocycles. The lowest BCUT2D eigenvalue weighted by molar-refractivity contribution is 0.448. The Morgan fingerprint density at radius 2 is 2.31 bits per heavy atom. The van der Waals surface area contributed by atoms with Gasteiger partial charge in [-0.25, -0.2) is 0 Å². The Bertz CT molecular complexity index is 420. The van der Waals surface area contributed by atoms with Gasteiger partial charge in [0.05, 0.1) is 5.69 Å². The van der Waals surface area contributed by atoms with Crippen molar-refractivity contribution in [2.75, 3.05) is 6.54 Å². The van der Waals surface area contributed by atoms with E-state index in [1.165, 1.54) is 0 Å². The Hall–Kier alpha value is -1.35. The van der Waals surface area contributed by atoms with E-state index < -0.39 is 0 Å². The summed E-state index contributed by atoms with van der Waals surface area (Å²) in [4.78, 5) is 0. The van der Waals surface area contributed by atoms with E-state index in [1.807, 2.05) is 25.1 Å². The van der Waals surface area contributed by atoms with Gasteiger partial charge in [0.1, 0.15) is 0 Å². The maximum atomic E-state index is 5.50. The van der Waals surface area contributed by atoms with E-state index in [-0.39, 0.29) is 0 Å². The summed E-state index contributed by atoms with van der Waals surface area (Å²) in [5.41, 5.74) is 8.45. The van der Waals surface area contributed by atoms with Gasteiger partial charge in [0.2, 0.25) is 0 Å². The standard InChI is InChI=1S/C10H12N2O/c1-7-9-4-2-3-8(5-6-11)10(9)13-12-7/h2-4H,5-6,11H2,1H3. The highest BCUT2D eigenvalue weighted by Gasteiger charge is 2.07. The van der Waals surface area contributed by atoms with Crippen LogP contribution in [-0.4, -0.2) is 11.7 Å². The van der Waals surface area contributed by atoms with E-state index in [0.717, 1.165) is 28.6 Å². The highest BCUT2D eigenvalue weighted by atomic mass is 16.5. The smallest absolute Gasteiger partial charge is 0.170 e. The molecule has 0 aliphatic carbocycles. The fourth-order valence-electron chi connectivity index (χ4n) is 1.49.